The fourth-order valence-corrected chi connectivity index (χ4v) is 1.58. The van der Waals surface area contributed by atoms with E-state index < -0.39 is 18.4 Å². The van der Waals surface area contributed by atoms with E-state index in [0.717, 1.165) is 0 Å². The van der Waals surface area contributed by atoms with Gasteiger partial charge in [-0.3, -0.25) is 9.59 Å². The van der Waals surface area contributed by atoms with Crippen molar-refractivity contribution in [2.45, 2.75) is 13.0 Å². The number of esters is 1. The summed E-state index contributed by atoms with van der Waals surface area (Å²) in [6, 6.07) is 5.26. The van der Waals surface area contributed by atoms with E-state index in [1.54, 1.807) is 18.2 Å². The fourth-order valence-electron chi connectivity index (χ4n) is 1.58. The summed E-state index contributed by atoms with van der Waals surface area (Å²) in [5.41, 5.74) is 0.658. The molecule has 96 valence electrons. The van der Waals surface area contributed by atoms with Gasteiger partial charge in [0.2, 0.25) is 0 Å². The molecule has 18 heavy (non-hydrogen) atoms. The van der Waals surface area contributed by atoms with Crippen LogP contribution in [0.2, 0.25) is 0 Å². The van der Waals surface area contributed by atoms with E-state index in [0.29, 0.717) is 30.3 Å². The minimum atomic E-state index is -1.21. The Labute approximate surface area is 103 Å². The quantitative estimate of drug-likeness (QED) is 0.635. The van der Waals surface area contributed by atoms with Gasteiger partial charge in [0.05, 0.1) is 0 Å². The number of benzene rings is 1. The number of ether oxygens (including phenoxy) is 3. The van der Waals surface area contributed by atoms with Gasteiger partial charge in [0.15, 0.2) is 11.5 Å². The first kappa shape index (κ1) is 12.2. The van der Waals surface area contributed by atoms with Crippen molar-refractivity contribution >= 4 is 11.9 Å². The van der Waals surface area contributed by atoms with E-state index in [9.17, 15) is 9.59 Å². The summed E-state index contributed by atoms with van der Waals surface area (Å²) in [6.07, 6.45) is -0.646. The maximum atomic E-state index is 11.1. The highest BCUT2D eigenvalue weighted by Gasteiger charge is 2.17. The molecule has 0 saturated heterocycles. The van der Waals surface area contributed by atoms with Gasteiger partial charge >= 0.3 is 11.9 Å². The molecule has 0 amide bonds. The van der Waals surface area contributed by atoms with Gasteiger partial charge in [-0.25, -0.2) is 0 Å². The molecule has 2 rings (SSSR count). The van der Waals surface area contributed by atoms with Crippen molar-refractivity contribution in [3.05, 3.63) is 23.8 Å². The van der Waals surface area contributed by atoms with Crippen LogP contribution in [0.1, 0.15) is 12.0 Å². The Kier molecular flexibility index (Phi) is 3.66. The lowest BCUT2D eigenvalue weighted by Crippen LogP contribution is -2.17. The number of carboxylic acids is 1. The lowest BCUT2D eigenvalue weighted by Gasteiger charge is -2.20. The number of carbonyl (C=O) groups excluding carboxylic acids is 1. The first-order valence-electron chi connectivity index (χ1n) is 5.41. The Morgan fingerprint density at radius 2 is 2.06 bits per heavy atom. The van der Waals surface area contributed by atoms with Crippen molar-refractivity contribution in [2.24, 2.45) is 0 Å². The van der Waals surface area contributed by atoms with Gasteiger partial charge in [-0.2, -0.15) is 0 Å². The molecular weight excluding hydrogens is 240 g/mol. The van der Waals surface area contributed by atoms with Crippen molar-refractivity contribution in [1.29, 1.82) is 0 Å². The maximum Gasteiger partial charge on any atom is 0.317 e. The van der Waals surface area contributed by atoms with Crippen LogP contribution in [-0.4, -0.2) is 30.3 Å². The fraction of sp³-hybridized carbons (Fsp3) is 0.333. The summed E-state index contributed by atoms with van der Waals surface area (Å²) in [5, 5.41) is 8.43. The highest BCUT2D eigenvalue weighted by atomic mass is 16.6. The zero-order valence-corrected chi connectivity index (χ0v) is 9.55. The van der Waals surface area contributed by atoms with Crippen LogP contribution < -0.4 is 9.47 Å². The molecule has 6 heteroatoms. The monoisotopic (exact) mass is 252 g/mol. The molecule has 0 unspecified atom stereocenters. The number of rotatable bonds is 4. The second-order valence-corrected chi connectivity index (χ2v) is 3.67. The Morgan fingerprint density at radius 3 is 2.83 bits per heavy atom. The highest BCUT2D eigenvalue weighted by Crippen LogP contribution is 2.33. The lowest BCUT2D eigenvalue weighted by molar-refractivity contribution is -0.152. The first-order valence-corrected chi connectivity index (χ1v) is 5.41. The average molecular weight is 252 g/mol. The lowest BCUT2D eigenvalue weighted by atomic mass is 10.2. The topological polar surface area (TPSA) is 82.1 Å². The van der Waals surface area contributed by atoms with E-state index in [-0.39, 0.29) is 6.61 Å². The molecule has 1 aromatic carbocycles. The van der Waals surface area contributed by atoms with Crippen LogP contribution in [0.4, 0.5) is 0 Å². The normalized spacial score (nSPS) is 12.9. The van der Waals surface area contributed by atoms with Gasteiger partial charge in [0, 0.05) is 5.56 Å². The zero-order valence-electron chi connectivity index (χ0n) is 9.55. The van der Waals surface area contributed by atoms with Crippen molar-refractivity contribution < 1.29 is 28.9 Å². The van der Waals surface area contributed by atoms with Crippen LogP contribution >= 0.6 is 0 Å². The van der Waals surface area contributed by atoms with Gasteiger partial charge in [-0.1, -0.05) is 12.1 Å². The Balaban J connectivity index is 2.01. The molecule has 1 aromatic rings. The molecule has 0 saturated carbocycles. The van der Waals surface area contributed by atoms with Crippen LogP contribution in [0, 0.1) is 0 Å². The summed E-state index contributed by atoms with van der Waals surface area (Å²) in [7, 11) is 0. The third kappa shape index (κ3) is 2.91. The number of hydrogen-bond acceptors (Lipinski definition) is 5. The second kappa shape index (κ2) is 5.39. The highest BCUT2D eigenvalue weighted by molar-refractivity contribution is 5.90. The standard InChI is InChI=1S/C12H12O6/c13-10(14)6-11(15)18-7-8-2-1-3-9-12(8)17-5-4-16-9/h1-3H,4-7H2,(H,13,14). The number of aliphatic carboxylic acids is 1. The number of carboxylic acid groups (broad SMARTS) is 1. The van der Waals surface area contributed by atoms with Crippen LogP contribution in [0.5, 0.6) is 11.5 Å². The molecule has 0 radical (unpaired) electrons. The molecule has 0 atom stereocenters. The van der Waals surface area contributed by atoms with Crippen LogP contribution in [0.15, 0.2) is 18.2 Å². The molecule has 1 aliphatic heterocycles. The molecule has 0 bridgehead atoms. The van der Waals surface area contributed by atoms with Crippen LogP contribution in [0.25, 0.3) is 0 Å². The van der Waals surface area contributed by atoms with Gasteiger partial charge in [-0.05, 0) is 6.07 Å². The van der Waals surface area contributed by atoms with Crippen molar-refractivity contribution in [3.63, 3.8) is 0 Å². The van der Waals surface area contributed by atoms with E-state index in [1.807, 2.05) is 0 Å². The third-order valence-electron chi connectivity index (χ3n) is 2.33. The van der Waals surface area contributed by atoms with Crippen molar-refractivity contribution in [1.82, 2.24) is 0 Å². The SMILES string of the molecule is O=C(O)CC(=O)OCc1cccc2c1OCCO2. The van der Waals surface area contributed by atoms with Gasteiger partial charge in [0.1, 0.15) is 26.2 Å². The van der Waals surface area contributed by atoms with E-state index in [2.05, 4.69) is 0 Å². The molecular formula is C12H12O6. The predicted molar refractivity (Wildman–Crippen MR) is 59.5 cm³/mol. The summed E-state index contributed by atoms with van der Waals surface area (Å²) in [4.78, 5) is 21.4. The average Bonchev–Trinajstić information content (AvgIpc) is 2.35. The summed E-state index contributed by atoms with van der Waals surface area (Å²) >= 11 is 0. The van der Waals surface area contributed by atoms with Crippen molar-refractivity contribution in [3.8, 4) is 11.5 Å². The minimum Gasteiger partial charge on any atom is -0.486 e. The number of fused-ring (bicyclic) bond motifs is 1. The Morgan fingerprint density at radius 1 is 1.28 bits per heavy atom. The summed E-state index contributed by atoms with van der Waals surface area (Å²) in [5.74, 6) is -0.841. The molecule has 0 spiro atoms. The van der Waals surface area contributed by atoms with Crippen LogP contribution in [0.3, 0.4) is 0 Å². The molecule has 1 N–H and O–H groups in total. The summed E-state index contributed by atoms with van der Waals surface area (Å²) in [6.45, 7) is 0.890. The summed E-state index contributed by atoms with van der Waals surface area (Å²) < 4.78 is 15.7. The molecule has 0 aromatic heterocycles. The van der Waals surface area contributed by atoms with E-state index >= 15 is 0 Å². The van der Waals surface area contributed by atoms with Gasteiger partial charge in [0.25, 0.3) is 0 Å². The first-order chi connectivity index (χ1) is 8.66. The largest absolute Gasteiger partial charge is 0.486 e. The number of para-hydroxylation sites is 1. The molecule has 6 nitrogen and oxygen atoms in total. The minimum absolute atomic E-state index is 0.0291. The molecule has 1 aliphatic rings. The van der Waals surface area contributed by atoms with Gasteiger partial charge in [-0.15, -0.1) is 0 Å². The third-order valence-corrected chi connectivity index (χ3v) is 2.33. The van der Waals surface area contributed by atoms with Crippen LogP contribution in [-0.2, 0) is 20.9 Å². The maximum absolute atomic E-state index is 11.1. The van der Waals surface area contributed by atoms with E-state index in [1.165, 1.54) is 0 Å². The molecule has 0 aliphatic carbocycles. The Bertz CT molecular complexity index is 468. The van der Waals surface area contributed by atoms with Crippen molar-refractivity contribution in [2.75, 3.05) is 13.2 Å². The molecule has 1 heterocycles. The Hall–Kier alpha value is -2.24. The zero-order chi connectivity index (χ0) is 13.0. The second-order valence-electron chi connectivity index (χ2n) is 3.67. The smallest absolute Gasteiger partial charge is 0.317 e. The molecule has 0 fully saturated rings. The number of carbonyl (C=O) groups is 2. The van der Waals surface area contributed by atoms with Gasteiger partial charge < -0.3 is 19.3 Å². The van der Waals surface area contributed by atoms with E-state index in [4.69, 9.17) is 19.3 Å². The predicted octanol–water partition coefficient (Wildman–Crippen LogP) is 0.976. The number of hydrogen-bond donors (Lipinski definition) is 1.